The number of aliphatic imine (C=N–C) groups is 4. The van der Waals surface area contributed by atoms with E-state index >= 15 is 0 Å². The zero-order valence-electron chi connectivity index (χ0n) is 17.2. The normalized spacial score (nSPS) is 16.3. The minimum absolute atomic E-state index is 0.266. The summed E-state index contributed by atoms with van der Waals surface area (Å²) in [7, 11) is 0. The van der Waals surface area contributed by atoms with E-state index in [9.17, 15) is 0 Å². The van der Waals surface area contributed by atoms with E-state index in [0.29, 0.717) is 13.1 Å². The van der Waals surface area contributed by atoms with Gasteiger partial charge in [-0.3, -0.25) is 20.0 Å². The molecule has 1 fully saturated rings. The summed E-state index contributed by atoms with van der Waals surface area (Å²) >= 11 is 6.44. The molecular formula is C23H30ClN5. The highest BCUT2D eigenvalue weighted by Gasteiger charge is 2.16. The van der Waals surface area contributed by atoms with Crippen LogP contribution >= 0.6 is 11.6 Å². The smallest absolute Gasteiger partial charge is 0.0639 e. The number of nitrogens with zero attached hydrogens (tertiary/aromatic N) is 5. The van der Waals surface area contributed by atoms with Crippen LogP contribution in [0.1, 0.15) is 25.3 Å². The van der Waals surface area contributed by atoms with E-state index in [4.69, 9.17) is 11.6 Å². The first-order valence-corrected chi connectivity index (χ1v) is 10.3. The summed E-state index contributed by atoms with van der Waals surface area (Å²) in [6.07, 6.45) is 12.1. The number of rotatable bonds is 11. The van der Waals surface area contributed by atoms with Crippen molar-refractivity contribution in [2.45, 2.75) is 26.2 Å². The van der Waals surface area contributed by atoms with Crippen molar-refractivity contribution in [1.29, 1.82) is 0 Å². The van der Waals surface area contributed by atoms with Gasteiger partial charge < -0.3 is 4.90 Å². The van der Waals surface area contributed by atoms with Gasteiger partial charge in [0.1, 0.15) is 0 Å². The van der Waals surface area contributed by atoms with Crippen molar-refractivity contribution in [1.82, 2.24) is 0 Å². The molecule has 0 N–H and O–H groups in total. The number of anilines is 1. The first-order chi connectivity index (χ1) is 14.2. The molecule has 1 heterocycles. The molecule has 0 radical (unpaired) electrons. The second kappa shape index (κ2) is 12.8. The van der Waals surface area contributed by atoms with Gasteiger partial charge in [0.15, 0.2) is 0 Å². The van der Waals surface area contributed by atoms with Crippen molar-refractivity contribution in [3.63, 3.8) is 0 Å². The Kier molecular flexibility index (Phi) is 10.1. The van der Waals surface area contributed by atoms with Crippen LogP contribution in [0.3, 0.4) is 0 Å². The van der Waals surface area contributed by atoms with Gasteiger partial charge >= 0.3 is 0 Å². The Morgan fingerprint density at radius 1 is 1.17 bits per heavy atom. The van der Waals surface area contributed by atoms with Crippen LogP contribution in [0, 0.1) is 5.92 Å². The molecule has 1 aliphatic rings. The maximum atomic E-state index is 6.44. The zero-order valence-corrected chi connectivity index (χ0v) is 17.9. The highest BCUT2D eigenvalue weighted by Crippen LogP contribution is 2.31. The van der Waals surface area contributed by atoms with Crippen LogP contribution in [-0.2, 0) is 6.42 Å². The minimum atomic E-state index is 0.266. The van der Waals surface area contributed by atoms with Crippen LogP contribution in [0.2, 0.25) is 5.02 Å². The van der Waals surface area contributed by atoms with E-state index in [-0.39, 0.29) is 5.92 Å². The van der Waals surface area contributed by atoms with E-state index in [1.165, 1.54) is 18.4 Å². The monoisotopic (exact) mass is 411 g/mol. The Balaban J connectivity index is 1.97. The summed E-state index contributed by atoms with van der Waals surface area (Å²) in [4.78, 5) is 18.7. The van der Waals surface area contributed by atoms with Crippen LogP contribution < -0.4 is 4.90 Å². The Morgan fingerprint density at radius 2 is 1.93 bits per heavy atom. The van der Waals surface area contributed by atoms with E-state index in [1.54, 1.807) is 24.7 Å². The fraction of sp³-hybridized carbons (Fsp3) is 0.391. The minimum Gasteiger partial charge on any atom is -0.370 e. The maximum Gasteiger partial charge on any atom is 0.0639 e. The van der Waals surface area contributed by atoms with E-state index in [1.807, 2.05) is 12.3 Å². The van der Waals surface area contributed by atoms with Crippen LogP contribution in [0.15, 0.2) is 62.2 Å². The lowest BCUT2D eigenvalue weighted by atomic mass is 9.94. The molecule has 1 aromatic carbocycles. The number of hydrogen-bond acceptors (Lipinski definition) is 5. The molecule has 1 aromatic rings. The average Bonchev–Trinajstić information content (AvgIpc) is 3.25. The third-order valence-corrected chi connectivity index (χ3v) is 5.11. The molecule has 1 saturated heterocycles. The molecule has 6 heteroatoms. The number of benzene rings is 1. The number of hydrogen-bond donors (Lipinski definition) is 0. The molecule has 0 aliphatic carbocycles. The van der Waals surface area contributed by atoms with Gasteiger partial charge in [-0.1, -0.05) is 24.6 Å². The second-order valence-corrected chi connectivity index (χ2v) is 7.42. The Labute approximate surface area is 179 Å². The van der Waals surface area contributed by atoms with Gasteiger partial charge in [-0.2, -0.15) is 0 Å². The molecule has 0 bridgehead atoms. The zero-order chi connectivity index (χ0) is 20.9. The molecule has 2 rings (SSSR count). The first kappa shape index (κ1) is 22.8. The molecule has 0 amide bonds. The molecule has 1 unspecified atom stereocenters. The van der Waals surface area contributed by atoms with Crippen molar-refractivity contribution in [3.8, 4) is 0 Å². The quantitative estimate of drug-likeness (QED) is 0.371. The number of allylic oxidation sites excluding steroid dienone is 2. The van der Waals surface area contributed by atoms with Gasteiger partial charge in [0.05, 0.1) is 23.8 Å². The molecule has 0 aromatic heterocycles. The van der Waals surface area contributed by atoms with Gasteiger partial charge in [0, 0.05) is 37.9 Å². The van der Waals surface area contributed by atoms with Crippen LogP contribution in [0.25, 0.3) is 0 Å². The summed E-state index contributed by atoms with van der Waals surface area (Å²) in [5.74, 6) is 0.266. The largest absolute Gasteiger partial charge is 0.370 e. The SMILES string of the molecule is C=N/C=C\C=N/CC/N=C\C(=C/N=C)C(C)Cc1ccc(Cl)c(N2CCCC2)c1. The maximum absolute atomic E-state index is 6.44. The molecular weight excluding hydrogens is 382 g/mol. The van der Waals surface area contributed by atoms with Crippen LogP contribution in [0.5, 0.6) is 0 Å². The van der Waals surface area contributed by atoms with Crippen LogP contribution in [0.4, 0.5) is 5.69 Å². The Morgan fingerprint density at radius 3 is 2.66 bits per heavy atom. The second-order valence-electron chi connectivity index (χ2n) is 7.01. The molecule has 0 spiro atoms. The van der Waals surface area contributed by atoms with Gasteiger partial charge in [-0.05, 0) is 68.0 Å². The Bertz CT molecular complexity index is 788. The molecule has 29 heavy (non-hydrogen) atoms. The van der Waals surface area contributed by atoms with Crippen molar-refractivity contribution < 1.29 is 0 Å². The summed E-state index contributed by atoms with van der Waals surface area (Å²) in [6.45, 7) is 12.6. The molecule has 1 aliphatic heterocycles. The molecule has 5 nitrogen and oxygen atoms in total. The average molecular weight is 412 g/mol. The van der Waals surface area contributed by atoms with Gasteiger partial charge in [-0.25, -0.2) is 0 Å². The fourth-order valence-corrected chi connectivity index (χ4v) is 3.51. The van der Waals surface area contributed by atoms with Crippen molar-refractivity contribution in [2.24, 2.45) is 25.9 Å². The molecule has 154 valence electrons. The fourth-order valence-electron chi connectivity index (χ4n) is 3.27. The third kappa shape index (κ3) is 7.78. The van der Waals surface area contributed by atoms with Crippen molar-refractivity contribution in [2.75, 3.05) is 31.1 Å². The summed E-state index contributed by atoms with van der Waals surface area (Å²) in [5.41, 5.74) is 3.46. The molecule has 0 saturated carbocycles. The van der Waals surface area contributed by atoms with Crippen molar-refractivity contribution >= 4 is 43.2 Å². The number of halogens is 1. The topological polar surface area (TPSA) is 52.7 Å². The van der Waals surface area contributed by atoms with Gasteiger partial charge in [0.25, 0.3) is 0 Å². The van der Waals surface area contributed by atoms with Crippen LogP contribution in [-0.4, -0.2) is 52.0 Å². The lowest BCUT2D eigenvalue weighted by Gasteiger charge is -2.21. The van der Waals surface area contributed by atoms with Gasteiger partial charge in [-0.15, -0.1) is 0 Å². The predicted octanol–water partition coefficient (Wildman–Crippen LogP) is 5.06. The highest BCUT2D eigenvalue weighted by molar-refractivity contribution is 6.33. The van der Waals surface area contributed by atoms with E-state index in [2.05, 4.69) is 57.4 Å². The molecule has 1 atom stereocenters. The lowest BCUT2D eigenvalue weighted by molar-refractivity contribution is 0.702. The summed E-state index contributed by atoms with van der Waals surface area (Å²) < 4.78 is 0. The van der Waals surface area contributed by atoms with Gasteiger partial charge in [0.2, 0.25) is 0 Å². The summed E-state index contributed by atoms with van der Waals surface area (Å²) in [5, 5.41) is 0.827. The lowest BCUT2D eigenvalue weighted by Crippen LogP contribution is -2.18. The first-order valence-electron chi connectivity index (χ1n) is 9.95. The third-order valence-electron chi connectivity index (χ3n) is 4.79. The Hall–Kier alpha value is -2.53. The highest BCUT2D eigenvalue weighted by atomic mass is 35.5. The van der Waals surface area contributed by atoms with E-state index in [0.717, 1.165) is 35.8 Å². The predicted molar refractivity (Wildman–Crippen MR) is 129 cm³/mol. The summed E-state index contributed by atoms with van der Waals surface area (Å²) in [6, 6.07) is 6.34. The standard InChI is InChI=1S/C23H30ClN5/c1-19(21(17-26-3)18-28-12-11-27-10-6-9-25-2)15-20-7-8-22(24)23(16-20)29-13-4-5-14-29/h6-10,16-19H,2-5,11-15H2,1H3/b9-6-,21-17+,27-10-,28-18-. The van der Waals surface area contributed by atoms with E-state index < -0.39 is 0 Å². The van der Waals surface area contributed by atoms with Crippen molar-refractivity contribution in [3.05, 3.63) is 52.8 Å².